The summed E-state index contributed by atoms with van der Waals surface area (Å²) in [5.41, 5.74) is 1.16. The van der Waals surface area contributed by atoms with Gasteiger partial charge in [0.25, 0.3) is 0 Å². The van der Waals surface area contributed by atoms with Gasteiger partial charge in [-0.05, 0) is 48.1 Å². The molecule has 2 nitrogen and oxygen atoms in total. The molecule has 1 aromatic heterocycles. The molecule has 2 aliphatic carbocycles. The molecule has 2 saturated carbocycles. The van der Waals surface area contributed by atoms with Gasteiger partial charge in [0.05, 0.1) is 6.04 Å². The van der Waals surface area contributed by atoms with E-state index in [9.17, 15) is 4.79 Å². The fourth-order valence-electron chi connectivity index (χ4n) is 3.61. The van der Waals surface area contributed by atoms with Gasteiger partial charge in [0.1, 0.15) is 0 Å². The highest BCUT2D eigenvalue weighted by molar-refractivity contribution is 7.10. The van der Waals surface area contributed by atoms with Gasteiger partial charge in [0, 0.05) is 10.8 Å². The van der Waals surface area contributed by atoms with Crippen molar-refractivity contribution in [3.63, 3.8) is 0 Å². The summed E-state index contributed by atoms with van der Waals surface area (Å²) in [5, 5.41) is 5.36. The van der Waals surface area contributed by atoms with Gasteiger partial charge in [0.2, 0.25) is 5.91 Å². The molecule has 0 spiro atoms. The largest absolute Gasteiger partial charge is 0.344 e. The van der Waals surface area contributed by atoms with Crippen LogP contribution in [0.2, 0.25) is 0 Å². The second kappa shape index (κ2) is 5.30. The molecule has 1 amide bonds. The first kappa shape index (κ1) is 13.1. The van der Waals surface area contributed by atoms with Crippen LogP contribution in [-0.2, 0) is 4.79 Å². The third kappa shape index (κ3) is 2.62. The van der Waals surface area contributed by atoms with Crippen LogP contribution in [0.1, 0.15) is 35.7 Å². The molecule has 3 atom stereocenters. The highest BCUT2D eigenvalue weighted by atomic mass is 32.1. The van der Waals surface area contributed by atoms with E-state index in [0.29, 0.717) is 0 Å². The molecule has 0 saturated heterocycles. The van der Waals surface area contributed by atoms with E-state index in [1.807, 2.05) is 24.3 Å². The second-order valence-corrected chi connectivity index (χ2v) is 7.27. The summed E-state index contributed by atoms with van der Waals surface area (Å²) in [6.45, 7) is 0. The number of thiophene rings is 1. The molecule has 2 fully saturated rings. The first-order valence-electron chi connectivity index (χ1n) is 7.70. The quantitative estimate of drug-likeness (QED) is 0.908. The minimum atomic E-state index is -0.00405. The minimum absolute atomic E-state index is 0.00405. The summed E-state index contributed by atoms with van der Waals surface area (Å²) in [5.74, 6) is 2.17. The van der Waals surface area contributed by atoms with E-state index in [4.69, 9.17) is 0 Å². The van der Waals surface area contributed by atoms with Crippen LogP contribution in [0.25, 0.3) is 0 Å². The molecule has 108 valence electrons. The van der Waals surface area contributed by atoms with Crippen molar-refractivity contribution >= 4 is 17.2 Å². The number of benzene rings is 1. The van der Waals surface area contributed by atoms with Crippen LogP contribution >= 0.6 is 11.3 Å². The highest BCUT2D eigenvalue weighted by Crippen LogP contribution is 2.54. The third-order valence-corrected chi connectivity index (χ3v) is 5.80. The van der Waals surface area contributed by atoms with Crippen LogP contribution in [0.3, 0.4) is 0 Å². The minimum Gasteiger partial charge on any atom is -0.344 e. The van der Waals surface area contributed by atoms with Gasteiger partial charge in [-0.15, -0.1) is 11.3 Å². The van der Waals surface area contributed by atoms with Gasteiger partial charge in [-0.25, -0.2) is 0 Å². The molecule has 1 N–H and O–H groups in total. The van der Waals surface area contributed by atoms with Crippen molar-refractivity contribution in [1.82, 2.24) is 5.32 Å². The normalized spacial score (nSPS) is 27.9. The lowest BCUT2D eigenvalue weighted by atomic mass is 10.00. The van der Waals surface area contributed by atoms with Crippen LogP contribution in [0, 0.1) is 17.8 Å². The lowest BCUT2D eigenvalue weighted by molar-refractivity contribution is -0.125. The summed E-state index contributed by atoms with van der Waals surface area (Å²) in [7, 11) is 0. The third-order valence-electron chi connectivity index (χ3n) is 4.86. The topological polar surface area (TPSA) is 29.1 Å². The van der Waals surface area contributed by atoms with Gasteiger partial charge in [-0.3, -0.25) is 4.79 Å². The van der Waals surface area contributed by atoms with Crippen LogP contribution in [0.4, 0.5) is 0 Å². The summed E-state index contributed by atoms with van der Waals surface area (Å²) in [6, 6.07) is 14.4. The zero-order valence-electron chi connectivity index (χ0n) is 11.9. The molecule has 1 aromatic carbocycles. The summed E-state index contributed by atoms with van der Waals surface area (Å²) < 4.78 is 0. The molecule has 0 radical (unpaired) electrons. The SMILES string of the molecule is O=C(NC(c1ccccc1)c1cccs1)C1CC2CC2C1. The first-order chi connectivity index (χ1) is 10.3. The van der Waals surface area contributed by atoms with Gasteiger partial charge >= 0.3 is 0 Å². The van der Waals surface area contributed by atoms with E-state index in [-0.39, 0.29) is 17.9 Å². The Morgan fingerprint density at radius 1 is 1.05 bits per heavy atom. The van der Waals surface area contributed by atoms with Crippen molar-refractivity contribution in [2.45, 2.75) is 25.3 Å². The molecule has 0 aliphatic heterocycles. The number of rotatable bonds is 4. The zero-order valence-corrected chi connectivity index (χ0v) is 12.7. The van der Waals surface area contributed by atoms with Crippen molar-refractivity contribution < 1.29 is 4.79 Å². The fraction of sp³-hybridized carbons (Fsp3) is 0.389. The van der Waals surface area contributed by atoms with Crippen molar-refractivity contribution in [2.75, 3.05) is 0 Å². The average Bonchev–Trinajstić information content (AvgIpc) is 2.96. The molecule has 0 bridgehead atoms. The first-order valence-corrected chi connectivity index (χ1v) is 8.58. The Morgan fingerprint density at radius 3 is 2.48 bits per heavy atom. The Balaban J connectivity index is 1.54. The molecule has 3 unspecified atom stereocenters. The van der Waals surface area contributed by atoms with Gasteiger partial charge < -0.3 is 5.32 Å². The Bertz CT molecular complexity index is 612. The highest BCUT2D eigenvalue weighted by Gasteiger charge is 2.48. The average molecular weight is 297 g/mol. The lowest BCUT2D eigenvalue weighted by Gasteiger charge is -2.21. The predicted molar refractivity (Wildman–Crippen MR) is 85.1 cm³/mol. The molecular formula is C18H19NOS. The van der Waals surface area contributed by atoms with Crippen molar-refractivity contribution in [3.8, 4) is 0 Å². The summed E-state index contributed by atoms with van der Waals surface area (Å²) in [4.78, 5) is 13.8. The number of carbonyl (C=O) groups excluding carboxylic acids is 1. The molecular weight excluding hydrogens is 278 g/mol. The number of fused-ring (bicyclic) bond motifs is 1. The van der Waals surface area contributed by atoms with Gasteiger partial charge in [-0.1, -0.05) is 36.4 Å². The zero-order chi connectivity index (χ0) is 14.2. The van der Waals surface area contributed by atoms with Crippen LogP contribution < -0.4 is 5.32 Å². The maximum absolute atomic E-state index is 12.6. The van der Waals surface area contributed by atoms with E-state index in [0.717, 1.165) is 30.2 Å². The number of carbonyl (C=O) groups is 1. The molecule has 1 heterocycles. The van der Waals surface area contributed by atoms with Crippen molar-refractivity contribution in [2.24, 2.45) is 17.8 Å². The van der Waals surface area contributed by atoms with Gasteiger partial charge in [0.15, 0.2) is 0 Å². The standard InChI is InChI=1S/C18H19NOS/c20-18(15-10-13-9-14(13)11-15)19-17(16-7-4-8-21-16)12-5-2-1-3-6-12/h1-8,13-15,17H,9-11H2,(H,19,20). The van der Waals surface area contributed by atoms with E-state index in [1.54, 1.807) is 11.3 Å². The van der Waals surface area contributed by atoms with Crippen LogP contribution in [-0.4, -0.2) is 5.91 Å². The van der Waals surface area contributed by atoms with E-state index >= 15 is 0 Å². The maximum atomic E-state index is 12.6. The second-order valence-electron chi connectivity index (χ2n) is 6.29. The number of nitrogens with one attached hydrogen (secondary N) is 1. The molecule has 21 heavy (non-hydrogen) atoms. The van der Waals surface area contributed by atoms with E-state index in [1.165, 1.54) is 11.3 Å². The van der Waals surface area contributed by atoms with E-state index in [2.05, 4.69) is 28.9 Å². The van der Waals surface area contributed by atoms with Crippen LogP contribution in [0.15, 0.2) is 47.8 Å². The summed E-state index contributed by atoms with van der Waals surface area (Å²) in [6.07, 6.45) is 3.56. The van der Waals surface area contributed by atoms with Crippen molar-refractivity contribution in [1.29, 1.82) is 0 Å². The Kier molecular flexibility index (Phi) is 3.30. The van der Waals surface area contributed by atoms with Crippen molar-refractivity contribution in [3.05, 3.63) is 58.3 Å². The molecule has 3 heteroatoms. The molecule has 2 aromatic rings. The van der Waals surface area contributed by atoms with Gasteiger partial charge in [-0.2, -0.15) is 0 Å². The number of amides is 1. The smallest absolute Gasteiger partial charge is 0.223 e. The summed E-state index contributed by atoms with van der Waals surface area (Å²) >= 11 is 1.70. The van der Waals surface area contributed by atoms with E-state index < -0.39 is 0 Å². The Labute approximate surface area is 129 Å². The Hall–Kier alpha value is -1.61. The lowest BCUT2D eigenvalue weighted by Crippen LogP contribution is -2.33. The number of hydrogen-bond acceptors (Lipinski definition) is 2. The van der Waals surface area contributed by atoms with Crippen LogP contribution in [0.5, 0.6) is 0 Å². The fourth-order valence-corrected chi connectivity index (χ4v) is 4.41. The Morgan fingerprint density at radius 2 is 1.81 bits per heavy atom. The predicted octanol–water partition coefficient (Wildman–Crippen LogP) is 4.00. The number of hydrogen-bond donors (Lipinski definition) is 1. The maximum Gasteiger partial charge on any atom is 0.223 e. The monoisotopic (exact) mass is 297 g/mol. The molecule has 2 aliphatic rings. The molecule has 4 rings (SSSR count).